The van der Waals surface area contributed by atoms with Crippen LogP contribution in [0.25, 0.3) is 11.0 Å². The molecule has 0 aliphatic carbocycles. The Morgan fingerprint density at radius 3 is 1.30 bits per heavy atom. The van der Waals surface area contributed by atoms with E-state index in [1.807, 2.05) is 33.4 Å². The van der Waals surface area contributed by atoms with Crippen LogP contribution in [-0.2, 0) is 25.9 Å². The van der Waals surface area contributed by atoms with E-state index in [2.05, 4.69) is 73.8 Å². The number of fused-ring (bicyclic) bond motifs is 1. The van der Waals surface area contributed by atoms with E-state index in [0.29, 0.717) is 13.1 Å². The molecular weight excluding hydrogens is 408 g/mol. The lowest BCUT2D eigenvalue weighted by molar-refractivity contribution is 0.700. The Bertz CT molecular complexity index is 1080. The summed E-state index contributed by atoms with van der Waals surface area (Å²) < 4.78 is 3.75. The maximum Gasteiger partial charge on any atom is 0.329 e. The lowest BCUT2D eigenvalue weighted by atomic mass is 10.1. The van der Waals surface area contributed by atoms with Crippen molar-refractivity contribution >= 4 is 36.3 Å². The van der Waals surface area contributed by atoms with Gasteiger partial charge in [-0.15, -0.1) is 0 Å². The number of hydrogen-bond acceptors (Lipinski definition) is 3. The number of aromatic nitrogens is 2. The molecule has 0 amide bonds. The largest absolute Gasteiger partial charge is 0.329 e. The molecule has 1 heterocycles. The quantitative estimate of drug-likeness (QED) is 0.381. The smallest absolute Gasteiger partial charge is 0.287 e. The van der Waals surface area contributed by atoms with Gasteiger partial charge in [-0.3, -0.25) is 9.13 Å². The average Bonchev–Trinajstić information content (AvgIpc) is 3.03. The molecular formula is C25H26N2OS2. The van der Waals surface area contributed by atoms with Crippen LogP contribution < -0.4 is 5.69 Å². The fourth-order valence-corrected chi connectivity index (χ4v) is 4.34. The van der Waals surface area contributed by atoms with E-state index < -0.39 is 0 Å². The van der Waals surface area contributed by atoms with Gasteiger partial charge in [0.05, 0.1) is 24.1 Å². The number of benzene rings is 3. The number of para-hydroxylation sites is 2. The molecule has 30 heavy (non-hydrogen) atoms. The van der Waals surface area contributed by atoms with Gasteiger partial charge in [0.1, 0.15) is 0 Å². The van der Waals surface area contributed by atoms with Crippen LogP contribution in [0.5, 0.6) is 0 Å². The molecule has 0 fully saturated rings. The van der Waals surface area contributed by atoms with E-state index in [0.717, 1.165) is 46.5 Å². The van der Waals surface area contributed by atoms with Crippen molar-refractivity contribution in [2.24, 2.45) is 0 Å². The van der Waals surface area contributed by atoms with E-state index in [-0.39, 0.29) is 5.69 Å². The minimum atomic E-state index is 0.0232. The molecule has 0 saturated carbocycles. The molecule has 3 aromatic carbocycles. The van der Waals surface area contributed by atoms with E-state index in [4.69, 9.17) is 0 Å². The van der Waals surface area contributed by atoms with Crippen LogP contribution in [-0.4, -0.2) is 20.6 Å². The highest BCUT2D eigenvalue weighted by atomic mass is 32.1. The first-order valence-corrected chi connectivity index (χ1v) is 11.5. The van der Waals surface area contributed by atoms with Gasteiger partial charge >= 0.3 is 5.69 Å². The second-order valence-corrected chi connectivity index (χ2v) is 8.42. The molecule has 154 valence electrons. The maximum atomic E-state index is 13.3. The Kier molecular flexibility index (Phi) is 6.70. The number of imidazole rings is 1. The summed E-state index contributed by atoms with van der Waals surface area (Å²) in [6.45, 7) is 1.13. The molecule has 0 radical (unpaired) electrons. The Balaban J connectivity index is 1.66. The van der Waals surface area contributed by atoms with Gasteiger partial charge in [-0.1, -0.05) is 60.7 Å². The Morgan fingerprint density at radius 2 is 0.933 bits per heavy atom. The summed E-state index contributed by atoms with van der Waals surface area (Å²) in [6, 6.07) is 25.0. The molecule has 0 unspecified atom stereocenters. The minimum Gasteiger partial charge on any atom is -0.287 e. The first kappa shape index (κ1) is 20.9. The highest BCUT2D eigenvalue weighted by molar-refractivity contribution is 7.80. The van der Waals surface area contributed by atoms with Crippen LogP contribution in [0, 0.1) is 0 Å². The lowest BCUT2D eigenvalue weighted by Crippen LogP contribution is -2.25. The third-order valence-electron chi connectivity index (χ3n) is 5.45. The zero-order valence-corrected chi connectivity index (χ0v) is 18.7. The van der Waals surface area contributed by atoms with E-state index in [1.165, 1.54) is 11.1 Å². The lowest BCUT2D eigenvalue weighted by Gasteiger charge is -2.06. The summed E-state index contributed by atoms with van der Waals surface area (Å²) in [5.74, 6) is 1.67. The summed E-state index contributed by atoms with van der Waals surface area (Å²) in [7, 11) is 0. The molecule has 0 aliphatic heterocycles. The molecule has 4 aromatic rings. The molecule has 5 heteroatoms. The fraction of sp³-hybridized carbons (Fsp3) is 0.240. The van der Waals surface area contributed by atoms with Gasteiger partial charge < -0.3 is 0 Å². The van der Waals surface area contributed by atoms with E-state index in [9.17, 15) is 4.79 Å². The molecule has 4 rings (SSSR count). The Labute approximate surface area is 188 Å². The van der Waals surface area contributed by atoms with Gasteiger partial charge in [0.15, 0.2) is 0 Å². The van der Waals surface area contributed by atoms with Crippen molar-refractivity contribution in [1.29, 1.82) is 0 Å². The second kappa shape index (κ2) is 9.63. The van der Waals surface area contributed by atoms with Gasteiger partial charge in [-0.25, -0.2) is 4.79 Å². The van der Waals surface area contributed by atoms with Crippen LogP contribution in [0.3, 0.4) is 0 Å². The molecule has 0 saturated heterocycles. The van der Waals surface area contributed by atoms with Gasteiger partial charge in [0, 0.05) is 0 Å². The number of aryl methyl sites for hydroxylation is 2. The second-order valence-electron chi connectivity index (χ2n) is 7.52. The van der Waals surface area contributed by atoms with Crippen LogP contribution in [0.2, 0.25) is 0 Å². The standard InChI is InChI=1S/C25H26N2OS2/c28-25-26(17-21-9-5-19(6-10-21)13-15-29)23-3-1-2-4-24(23)27(25)18-22-11-7-20(8-12-22)14-16-30/h1-12,29-30H,13-18H2. The zero-order chi connectivity index (χ0) is 20.9. The van der Waals surface area contributed by atoms with Crippen LogP contribution >= 0.6 is 25.3 Å². The van der Waals surface area contributed by atoms with E-state index in [1.54, 1.807) is 0 Å². The van der Waals surface area contributed by atoms with Crippen molar-refractivity contribution in [3.8, 4) is 0 Å². The molecule has 0 atom stereocenters. The predicted octanol–water partition coefficient (Wildman–Crippen LogP) is 4.84. The maximum absolute atomic E-state index is 13.3. The van der Waals surface area contributed by atoms with Crippen molar-refractivity contribution in [2.45, 2.75) is 25.9 Å². The summed E-state index contributed by atoms with van der Waals surface area (Å²) in [6.07, 6.45) is 1.91. The first-order chi connectivity index (χ1) is 14.7. The van der Waals surface area contributed by atoms with Crippen LogP contribution in [0.15, 0.2) is 77.6 Å². The third-order valence-corrected chi connectivity index (χ3v) is 5.90. The normalized spacial score (nSPS) is 11.3. The summed E-state index contributed by atoms with van der Waals surface area (Å²) >= 11 is 8.60. The van der Waals surface area contributed by atoms with Crippen molar-refractivity contribution in [1.82, 2.24) is 9.13 Å². The monoisotopic (exact) mass is 434 g/mol. The first-order valence-electron chi connectivity index (χ1n) is 10.2. The predicted molar refractivity (Wildman–Crippen MR) is 132 cm³/mol. The molecule has 0 aliphatic rings. The summed E-state index contributed by atoms with van der Waals surface area (Å²) in [5.41, 5.74) is 6.74. The molecule has 0 N–H and O–H groups in total. The Hall–Kier alpha value is -2.37. The van der Waals surface area contributed by atoms with Crippen molar-refractivity contribution in [2.75, 3.05) is 11.5 Å². The molecule has 3 nitrogen and oxygen atoms in total. The zero-order valence-electron chi connectivity index (χ0n) is 16.9. The van der Waals surface area contributed by atoms with Gasteiger partial charge in [0.25, 0.3) is 0 Å². The SMILES string of the molecule is O=c1n(Cc2ccc(CCS)cc2)c2ccccc2n1Cc1ccc(CCS)cc1. The average molecular weight is 435 g/mol. The van der Waals surface area contributed by atoms with Crippen molar-refractivity contribution in [3.63, 3.8) is 0 Å². The molecule has 0 bridgehead atoms. The third kappa shape index (κ3) is 4.52. The van der Waals surface area contributed by atoms with Gasteiger partial charge in [0.2, 0.25) is 0 Å². The summed E-state index contributed by atoms with van der Waals surface area (Å²) in [4.78, 5) is 13.3. The highest BCUT2D eigenvalue weighted by Gasteiger charge is 2.13. The van der Waals surface area contributed by atoms with Crippen molar-refractivity contribution in [3.05, 3.63) is 106 Å². The Morgan fingerprint density at radius 1 is 0.567 bits per heavy atom. The summed E-state index contributed by atoms with van der Waals surface area (Å²) in [5, 5.41) is 0. The van der Waals surface area contributed by atoms with Gasteiger partial charge in [-0.05, 0) is 58.7 Å². The molecule has 0 spiro atoms. The van der Waals surface area contributed by atoms with E-state index >= 15 is 0 Å². The highest BCUT2D eigenvalue weighted by Crippen LogP contribution is 2.17. The van der Waals surface area contributed by atoms with Gasteiger partial charge in [-0.2, -0.15) is 25.3 Å². The topological polar surface area (TPSA) is 26.9 Å². The fourth-order valence-electron chi connectivity index (χ4n) is 3.82. The van der Waals surface area contributed by atoms with Crippen LogP contribution in [0.1, 0.15) is 22.3 Å². The number of rotatable bonds is 8. The number of thiol groups is 2. The van der Waals surface area contributed by atoms with Crippen molar-refractivity contribution < 1.29 is 0 Å². The van der Waals surface area contributed by atoms with Crippen LogP contribution in [0.4, 0.5) is 0 Å². The minimum absolute atomic E-state index is 0.0232. The number of nitrogens with zero attached hydrogens (tertiary/aromatic N) is 2. The molecule has 1 aromatic heterocycles. The number of hydrogen-bond donors (Lipinski definition) is 2.